The molecule has 98 valence electrons. The maximum Gasteiger partial charge on any atom is 0.336 e. The summed E-state index contributed by atoms with van der Waals surface area (Å²) in [5.41, 5.74) is 1.41. The number of anilines is 1. The van der Waals surface area contributed by atoms with Crippen molar-refractivity contribution in [3.05, 3.63) is 29.3 Å². The Morgan fingerprint density at radius 2 is 1.83 bits per heavy atom. The Hall–Kier alpha value is -1.84. The lowest BCUT2D eigenvalue weighted by Crippen LogP contribution is -2.24. The molecule has 0 spiro atoms. The summed E-state index contributed by atoms with van der Waals surface area (Å²) >= 11 is 0. The van der Waals surface area contributed by atoms with Gasteiger partial charge in [0.2, 0.25) is 5.91 Å². The molecule has 0 fully saturated rings. The molecule has 0 saturated heterocycles. The number of benzene rings is 1. The molecular weight excluding hydrogens is 230 g/mol. The van der Waals surface area contributed by atoms with Crippen LogP contribution in [0.25, 0.3) is 0 Å². The number of rotatable bonds is 4. The fourth-order valence-electron chi connectivity index (χ4n) is 1.49. The molecule has 1 amide bonds. The number of carbonyl (C=O) groups excluding carboxylic acids is 1. The summed E-state index contributed by atoms with van der Waals surface area (Å²) in [6.45, 7) is 7.53. The number of amides is 1. The number of hydrogen-bond donors (Lipinski definition) is 2. The summed E-state index contributed by atoms with van der Waals surface area (Å²) in [6, 6.07) is 4.90. The second-order valence-corrected chi connectivity index (χ2v) is 4.86. The number of aromatic carboxylic acids is 1. The van der Waals surface area contributed by atoms with Crippen LogP contribution in [0.4, 0.5) is 5.69 Å². The fraction of sp³-hybridized carbons (Fsp3) is 0.429. The van der Waals surface area contributed by atoms with Gasteiger partial charge in [-0.15, -0.1) is 0 Å². The highest BCUT2D eigenvalue weighted by molar-refractivity contribution is 5.95. The van der Waals surface area contributed by atoms with Crippen molar-refractivity contribution < 1.29 is 14.7 Å². The van der Waals surface area contributed by atoms with Gasteiger partial charge in [-0.25, -0.2) is 4.79 Å². The lowest BCUT2D eigenvalue weighted by molar-refractivity contribution is -0.120. The first-order valence-electron chi connectivity index (χ1n) is 5.97. The van der Waals surface area contributed by atoms with Gasteiger partial charge >= 0.3 is 5.97 Å². The minimum Gasteiger partial charge on any atom is -0.478 e. The van der Waals surface area contributed by atoms with Gasteiger partial charge in [0.1, 0.15) is 0 Å². The van der Waals surface area contributed by atoms with Gasteiger partial charge in [0.15, 0.2) is 0 Å². The monoisotopic (exact) mass is 249 g/mol. The van der Waals surface area contributed by atoms with Crippen molar-refractivity contribution >= 4 is 17.6 Å². The van der Waals surface area contributed by atoms with Gasteiger partial charge < -0.3 is 10.4 Å². The van der Waals surface area contributed by atoms with Crippen molar-refractivity contribution in [2.75, 3.05) is 5.32 Å². The summed E-state index contributed by atoms with van der Waals surface area (Å²) in [7, 11) is 0. The molecule has 0 saturated carbocycles. The van der Waals surface area contributed by atoms with Crippen LogP contribution in [-0.4, -0.2) is 17.0 Å². The van der Waals surface area contributed by atoms with E-state index in [1.54, 1.807) is 19.1 Å². The Balaban J connectivity index is 2.89. The van der Waals surface area contributed by atoms with Crippen molar-refractivity contribution in [3.63, 3.8) is 0 Å². The molecule has 18 heavy (non-hydrogen) atoms. The SMILES string of the molecule is Cc1ccc(NC(=O)C(C)C(C)C)cc1C(=O)O. The van der Waals surface area contributed by atoms with Crippen LogP contribution < -0.4 is 5.32 Å². The van der Waals surface area contributed by atoms with E-state index in [1.807, 2.05) is 20.8 Å². The molecule has 0 aliphatic carbocycles. The normalized spacial score (nSPS) is 12.3. The predicted molar refractivity (Wildman–Crippen MR) is 70.8 cm³/mol. The first-order chi connectivity index (χ1) is 8.32. The number of carbonyl (C=O) groups is 2. The molecule has 0 aromatic heterocycles. The first-order valence-corrected chi connectivity index (χ1v) is 5.97. The summed E-state index contributed by atoms with van der Waals surface area (Å²) in [5, 5.41) is 11.8. The Bertz CT molecular complexity index is 466. The molecule has 2 N–H and O–H groups in total. The standard InChI is InChI=1S/C14H19NO3/c1-8(2)10(4)13(16)15-11-6-5-9(3)12(7-11)14(17)18/h5-8,10H,1-4H3,(H,15,16)(H,17,18). The highest BCUT2D eigenvalue weighted by Gasteiger charge is 2.17. The second kappa shape index (κ2) is 5.67. The molecular formula is C14H19NO3. The fourth-order valence-corrected chi connectivity index (χ4v) is 1.49. The van der Waals surface area contributed by atoms with Crippen LogP contribution in [0.2, 0.25) is 0 Å². The Morgan fingerprint density at radius 3 is 2.33 bits per heavy atom. The minimum atomic E-state index is -0.986. The van der Waals surface area contributed by atoms with Gasteiger partial charge in [-0.05, 0) is 30.5 Å². The largest absolute Gasteiger partial charge is 0.478 e. The van der Waals surface area contributed by atoms with Crippen LogP contribution in [0, 0.1) is 18.8 Å². The smallest absolute Gasteiger partial charge is 0.336 e. The molecule has 1 atom stereocenters. The maximum absolute atomic E-state index is 11.9. The first kappa shape index (κ1) is 14.2. The zero-order chi connectivity index (χ0) is 13.9. The van der Waals surface area contributed by atoms with Crippen molar-refractivity contribution in [1.82, 2.24) is 0 Å². The van der Waals surface area contributed by atoms with Crippen LogP contribution >= 0.6 is 0 Å². The highest BCUT2D eigenvalue weighted by Crippen LogP contribution is 2.18. The Morgan fingerprint density at radius 1 is 1.22 bits per heavy atom. The number of aryl methyl sites for hydroxylation is 1. The van der Waals surface area contributed by atoms with E-state index in [2.05, 4.69) is 5.32 Å². The van der Waals surface area contributed by atoms with Crippen LogP contribution in [0.15, 0.2) is 18.2 Å². The average molecular weight is 249 g/mol. The van der Waals surface area contributed by atoms with Crippen LogP contribution in [-0.2, 0) is 4.79 Å². The lowest BCUT2D eigenvalue weighted by Gasteiger charge is -2.15. The van der Waals surface area contributed by atoms with Gasteiger partial charge in [-0.3, -0.25) is 4.79 Å². The van der Waals surface area contributed by atoms with Crippen LogP contribution in [0.1, 0.15) is 36.7 Å². The van der Waals surface area contributed by atoms with E-state index >= 15 is 0 Å². The van der Waals surface area contributed by atoms with Crippen LogP contribution in [0.5, 0.6) is 0 Å². The van der Waals surface area contributed by atoms with Gasteiger partial charge in [0.05, 0.1) is 5.56 Å². The maximum atomic E-state index is 11.9. The molecule has 4 heteroatoms. The molecule has 0 aliphatic heterocycles. The third-order valence-corrected chi connectivity index (χ3v) is 3.15. The molecule has 0 heterocycles. The van der Waals surface area contributed by atoms with Gasteiger partial charge in [0.25, 0.3) is 0 Å². The molecule has 1 rings (SSSR count). The number of carboxylic acids is 1. The summed E-state index contributed by atoms with van der Waals surface area (Å²) in [6.07, 6.45) is 0. The summed E-state index contributed by atoms with van der Waals surface area (Å²) < 4.78 is 0. The molecule has 1 unspecified atom stereocenters. The quantitative estimate of drug-likeness (QED) is 0.862. The van der Waals surface area contributed by atoms with Crippen molar-refractivity contribution in [3.8, 4) is 0 Å². The van der Waals surface area contributed by atoms with Crippen molar-refractivity contribution in [1.29, 1.82) is 0 Å². The van der Waals surface area contributed by atoms with E-state index in [9.17, 15) is 9.59 Å². The number of carboxylic acid groups (broad SMARTS) is 1. The summed E-state index contributed by atoms with van der Waals surface area (Å²) in [4.78, 5) is 22.9. The molecule has 0 radical (unpaired) electrons. The van der Waals surface area contributed by atoms with Crippen molar-refractivity contribution in [2.45, 2.75) is 27.7 Å². The molecule has 1 aromatic rings. The second-order valence-electron chi connectivity index (χ2n) is 4.86. The van der Waals surface area contributed by atoms with Crippen molar-refractivity contribution in [2.24, 2.45) is 11.8 Å². The summed E-state index contributed by atoms with van der Waals surface area (Å²) in [5.74, 6) is -0.945. The predicted octanol–water partition coefficient (Wildman–Crippen LogP) is 2.92. The van der Waals surface area contributed by atoms with Gasteiger partial charge in [-0.1, -0.05) is 26.8 Å². The Kier molecular flexibility index (Phi) is 4.48. The van der Waals surface area contributed by atoms with E-state index in [4.69, 9.17) is 5.11 Å². The highest BCUT2D eigenvalue weighted by atomic mass is 16.4. The van der Waals surface area contributed by atoms with Crippen LogP contribution in [0.3, 0.4) is 0 Å². The zero-order valence-electron chi connectivity index (χ0n) is 11.2. The van der Waals surface area contributed by atoms with E-state index in [-0.39, 0.29) is 23.3 Å². The average Bonchev–Trinajstić information content (AvgIpc) is 2.29. The van der Waals surface area contributed by atoms with E-state index in [0.717, 1.165) is 0 Å². The lowest BCUT2D eigenvalue weighted by atomic mass is 9.97. The molecule has 0 aliphatic rings. The zero-order valence-corrected chi connectivity index (χ0v) is 11.2. The Labute approximate surface area is 107 Å². The molecule has 1 aromatic carbocycles. The number of hydrogen-bond acceptors (Lipinski definition) is 2. The molecule has 4 nitrogen and oxygen atoms in total. The third kappa shape index (κ3) is 3.32. The minimum absolute atomic E-state index is 0.0924. The third-order valence-electron chi connectivity index (χ3n) is 3.15. The molecule has 0 bridgehead atoms. The van der Waals surface area contributed by atoms with E-state index in [1.165, 1.54) is 6.07 Å². The van der Waals surface area contributed by atoms with E-state index in [0.29, 0.717) is 11.3 Å². The van der Waals surface area contributed by atoms with E-state index < -0.39 is 5.97 Å². The van der Waals surface area contributed by atoms with Gasteiger partial charge in [0, 0.05) is 11.6 Å². The number of nitrogens with one attached hydrogen (secondary N) is 1. The topological polar surface area (TPSA) is 66.4 Å². The van der Waals surface area contributed by atoms with Gasteiger partial charge in [-0.2, -0.15) is 0 Å².